The normalized spacial score (nSPS) is 54.6. The molecule has 15 nitrogen and oxygen atoms in total. The van der Waals surface area contributed by atoms with Gasteiger partial charge in [0.15, 0.2) is 12.6 Å². The van der Waals surface area contributed by atoms with Crippen LogP contribution in [0.15, 0.2) is 0 Å². The van der Waals surface area contributed by atoms with Crippen LogP contribution in [0.2, 0.25) is 0 Å². The van der Waals surface area contributed by atoms with Crippen LogP contribution in [0.4, 0.5) is 0 Å². The van der Waals surface area contributed by atoms with Gasteiger partial charge in [0, 0.05) is 5.92 Å². The summed E-state index contributed by atoms with van der Waals surface area (Å²) in [5.41, 5.74) is 0. The molecule has 41 heavy (non-hydrogen) atoms. The zero-order valence-corrected chi connectivity index (χ0v) is 22.6. The van der Waals surface area contributed by atoms with Gasteiger partial charge >= 0.3 is 0 Å². The number of fused-ring (bicyclic) bond motifs is 1. The van der Waals surface area contributed by atoms with Crippen LogP contribution >= 0.6 is 0 Å². The molecule has 0 bridgehead atoms. The Balaban J connectivity index is 1.30. The number of aliphatic hydroxyl groups is 10. The molecule has 2 saturated carbocycles. The first-order valence-electron chi connectivity index (χ1n) is 14.5. The molecule has 18 unspecified atom stereocenters. The molecule has 15 heteroatoms. The van der Waals surface area contributed by atoms with Gasteiger partial charge < -0.3 is 74.7 Å². The van der Waals surface area contributed by atoms with E-state index in [1.54, 1.807) is 0 Å². The molecule has 3 heterocycles. The third kappa shape index (κ3) is 6.45. The van der Waals surface area contributed by atoms with Crippen molar-refractivity contribution >= 4 is 0 Å². The Morgan fingerprint density at radius 2 is 1.24 bits per heavy atom. The molecule has 5 aliphatic rings. The van der Waals surface area contributed by atoms with E-state index >= 15 is 0 Å². The van der Waals surface area contributed by atoms with Gasteiger partial charge in [0.2, 0.25) is 0 Å². The molecule has 0 aromatic rings. The summed E-state index contributed by atoms with van der Waals surface area (Å²) in [5.74, 6) is -0.640. The Kier molecular flexibility index (Phi) is 10.2. The first-order chi connectivity index (χ1) is 19.5. The van der Waals surface area contributed by atoms with Crippen LogP contribution in [0.5, 0.6) is 0 Å². The van der Waals surface area contributed by atoms with E-state index in [0.29, 0.717) is 19.3 Å². The minimum Gasteiger partial charge on any atom is -0.394 e. The van der Waals surface area contributed by atoms with Gasteiger partial charge in [-0.2, -0.15) is 0 Å². The molecule has 238 valence electrons. The molecule has 0 radical (unpaired) electrons. The van der Waals surface area contributed by atoms with Crippen LogP contribution < -0.4 is 0 Å². The molecule has 18 atom stereocenters. The second kappa shape index (κ2) is 13.2. The van der Waals surface area contributed by atoms with Crippen LogP contribution in [-0.2, 0) is 23.7 Å². The first kappa shape index (κ1) is 31.8. The average molecular weight is 597 g/mol. The predicted molar refractivity (Wildman–Crippen MR) is 133 cm³/mol. The third-order valence-corrected chi connectivity index (χ3v) is 9.40. The Hall–Kier alpha value is -0.600. The van der Waals surface area contributed by atoms with Crippen molar-refractivity contribution < 1.29 is 74.7 Å². The van der Waals surface area contributed by atoms with Crippen molar-refractivity contribution in [3.05, 3.63) is 0 Å². The predicted octanol–water partition coefficient (Wildman–Crippen LogP) is -4.55. The van der Waals surface area contributed by atoms with E-state index in [2.05, 4.69) is 0 Å². The first-order valence-corrected chi connectivity index (χ1v) is 14.5. The van der Waals surface area contributed by atoms with Gasteiger partial charge in [-0.1, -0.05) is 0 Å². The van der Waals surface area contributed by atoms with Gasteiger partial charge in [-0.15, -0.1) is 0 Å². The number of hydrogen-bond donors (Lipinski definition) is 10. The fourth-order valence-electron chi connectivity index (χ4n) is 7.04. The standard InChI is InChI=1S/C26H44O15/c27-7-17-19(33)21(35)26(39-17)41-24-18(8-28)40-25(22(36)20(24)34)38-16-6-11-13(31)4-10(29)5-15(11)37-23(16)9-1-2-12(30)14(32)3-9/h9-36H,1-8H2. The van der Waals surface area contributed by atoms with E-state index in [0.717, 1.165) is 0 Å². The fraction of sp³-hybridized carbons (Fsp3) is 1.00. The Bertz CT molecular complexity index is 850. The molecule has 0 spiro atoms. The number of hydrogen-bond acceptors (Lipinski definition) is 15. The van der Waals surface area contributed by atoms with E-state index < -0.39 is 111 Å². The summed E-state index contributed by atoms with van der Waals surface area (Å²) in [4.78, 5) is 0. The highest BCUT2D eigenvalue weighted by Gasteiger charge is 2.54. The average Bonchev–Trinajstić information content (AvgIpc) is 3.22. The molecule has 3 saturated heterocycles. The van der Waals surface area contributed by atoms with Crippen LogP contribution in [-0.4, -0.2) is 162 Å². The maximum absolute atomic E-state index is 11.0. The third-order valence-electron chi connectivity index (χ3n) is 9.40. The number of rotatable bonds is 7. The van der Waals surface area contributed by atoms with Gasteiger partial charge in [-0.05, 0) is 44.4 Å². The molecule has 5 fully saturated rings. The summed E-state index contributed by atoms with van der Waals surface area (Å²) < 4.78 is 29.3. The summed E-state index contributed by atoms with van der Waals surface area (Å²) in [5, 5.41) is 103. The maximum Gasteiger partial charge on any atom is 0.187 e. The molecule has 0 amide bonds. The van der Waals surface area contributed by atoms with E-state index in [9.17, 15) is 51.1 Å². The van der Waals surface area contributed by atoms with Crippen LogP contribution in [0.3, 0.4) is 0 Å². The van der Waals surface area contributed by atoms with Gasteiger partial charge in [0.25, 0.3) is 0 Å². The molecule has 0 aromatic heterocycles. The fourth-order valence-corrected chi connectivity index (χ4v) is 7.04. The van der Waals surface area contributed by atoms with Crippen molar-refractivity contribution in [2.24, 2.45) is 11.8 Å². The van der Waals surface area contributed by atoms with Crippen molar-refractivity contribution in [3.63, 3.8) is 0 Å². The topological polar surface area (TPSA) is 248 Å². The Morgan fingerprint density at radius 3 is 1.90 bits per heavy atom. The SMILES string of the molecule is OCC1OC(OC2C(CO)OC(OC3CC4C(O)CC(O)CC4OC3C3CCC(O)C(O)C3)C(O)C2O)C(O)C1O. The molecule has 2 aliphatic carbocycles. The summed E-state index contributed by atoms with van der Waals surface area (Å²) in [6.45, 7) is -1.28. The van der Waals surface area contributed by atoms with Gasteiger partial charge in [-0.25, -0.2) is 0 Å². The van der Waals surface area contributed by atoms with Gasteiger partial charge in [0.05, 0.1) is 55.9 Å². The van der Waals surface area contributed by atoms with Crippen molar-refractivity contribution in [2.45, 2.75) is 137 Å². The van der Waals surface area contributed by atoms with E-state index in [-0.39, 0.29) is 31.1 Å². The molecule has 10 N–H and O–H groups in total. The monoisotopic (exact) mass is 596 g/mol. The van der Waals surface area contributed by atoms with Crippen molar-refractivity contribution in [2.75, 3.05) is 13.2 Å². The second-order valence-electron chi connectivity index (χ2n) is 12.1. The van der Waals surface area contributed by atoms with E-state index in [4.69, 9.17) is 23.7 Å². The maximum atomic E-state index is 11.0. The highest BCUT2D eigenvalue weighted by atomic mass is 16.7. The highest BCUT2D eigenvalue weighted by Crippen LogP contribution is 2.43. The van der Waals surface area contributed by atoms with Crippen molar-refractivity contribution in [1.29, 1.82) is 0 Å². The minimum absolute atomic E-state index is 0.171. The lowest BCUT2D eigenvalue weighted by Gasteiger charge is -2.51. The lowest BCUT2D eigenvalue weighted by molar-refractivity contribution is -0.350. The Morgan fingerprint density at radius 1 is 0.585 bits per heavy atom. The van der Waals surface area contributed by atoms with Crippen LogP contribution in [0.25, 0.3) is 0 Å². The number of ether oxygens (including phenoxy) is 5. The van der Waals surface area contributed by atoms with E-state index in [1.807, 2.05) is 0 Å². The minimum atomic E-state index is -1.70. The summed E-state index contributed by atoms with van der Waals surface area (Å²) in [7, 11) is 0. The van der Waals surface area contributed by atoms with Gasteiger partial charge in [0.1, 0.15) is 42.7 Å². The second-order valence-corrected chi connectivity index (χ2v) is 12.1. The summed E-state index contributed by atoms with van der Waals surface area (Å²) >= 11 is 0. The van der Waals surface area contributed by atoms with Gasteiger partial charge in [-0.3, -0.25) is 0 Å². The largest absolute Gasteiger partial charge is 0.394 e. The Labute approximate surface area is 236 Å². The van der Waals surface area contributed by atoms with Crippen LogP contribution in [0, 0.1) is 11.8 Å². The molecular formula is C26H44O15. The van der Waals surface area contributed by atoms with Crippen molar-refractivity contribution in [3.8, 4) is 0 Å². The van der Waals surface area contributed by atoms with E-state index in [1.165, 1.54) is 0 Å². The molecule has 5 rings (SSSR count). The lowest BCUT2D eigenvalue weighted by Crippen LogP contribution is -2.63. The number of aliphatic hydroxyl groups excluding tert-OH is 10. The lowest BCUT2D eigenvalue weighted by atomic mass is 9.72. The highest BCUT2D eigenvalue weighted by molar-refractivity contribution is 4.99. The van der Waals surface area contributed by atoms with Crippen LogP contribution in [0.1, 0.15) is 38.5 Å². The van der Waals surface area contributed by atoms with Crippen molar-refractivity contribution in [1.82, 2.24) is 0 Å². The smallest absolute Gasteiger partial charge is 0.187 e. The summed E-state index contributed by atoms with van der Waals surface area (Å²) in [6, 6.07) is 0. The molecule has 0 aromatic carbocycles. The zero-order valence-electron chi connectivity index (χ0n) is 22.6. The molecular weight excluding hydrogens is 552 g/mol. The summed E-state index contributed by atoms with van der Waals surface area (Å²) in [6.07, 6.45) is -16.6. The quantitative estimate of drug-likeness (QED) is 0.133. The molecule has 3 aliphatic heterocycles. The zero-order chi connectivity index (χ0) is 29.6.